The maximum absolute atomic E-state index is 13.9. The fourth-order valence-electron chi connectivity index (χ4n) is 5.59. The summed E-state index contributed by atoms with van der Waals surface area (Å²) in [7, 11) is -2.90. The molecule has 1 aliphatic heterocycles. The summed E-state index contributed by atoms with van der Waals surface area (Å²) < 4.78 is 38.7. The van der Waals surface area contributed by atoms with Crippen molar-refractivity contribution < 1.29 is 32.1 Å². The number of sulfonamides is 1. The molecule has 0 radical (unpaired) electrons. The average Bonchev–Trinajstić information content (AvgIpc) is 3.35. The van der Waals surface area contributed by atoms with Crippen LogP contribution in [-0.2, 0) is 26.0 Å². The fourth-order valence-corrected chi connectivity index (χ4v) is 7.46. The van der Waals surface area contributed by atoms with Gasteiger partial charge in [-0.05, 0) is 68.5 Å². The Morgan fingerprint density at radius 2 is 1.79 bits per heavy atom. The predicted octanol–water partition coefficient (Wildman–Crippen LogP) is 3.18. The van der Waals surface area contributed by atoms with Gasteiger partial charge in [-0.25, -0.2) is 18.0 Å². The Labute approximate surface area is 244 Å². The lowest BCUT2D eigenvalue weighted by Gasteiger charge is -2.40. The highest BCUT2D eigenvalue weighted by molar-refractivity contribution is 7.89. The first-order valence-electron chi connectivity index (χ1n) is 13.7. The van der Waals surface area contributed by atoms with E-state index in [0.29, 0.717) is 11.3 Å². The number of aromatic nitrogens is 1. The lowest BCUT2D eigenvalue weighted by Crippen LogP contribution is -2.62. The molecule has 0 saturated carbocycles. The number of nitrogens with one attached hydrogen (secondary N) is 2. The Hall–Kier alpha value is -4.23. The van der Waals surface area contributed by atoms with E-state index in [-0.39, 0.29) is 42.0 Å². The van der Waals surface area contributed by atoms with Crippen molar-refractivity contribution in [3.63, 3.8) is 0 Å². The molecule has 2 aliphatic rings. The van der Waals surface area contributed by atoms with E-state index in [4.69, 9.17) is 9.26 Å². The number of fused-ring (bicyclic) bond motifs is 1. The molecule has 5 rings (SSSR count). The van der Waals surface area contributed by atoms with Gasteiger partial charge in [-0.15, -0.1) is 0 Å². The highest BCUT2D eigenvalue weighted by Crippen LogP contribution is 2.31. The normalized spacial score (nSPS) is 19.1. The van der Waals surface area contributed by atoms with Crippen LogP contribution in [0.25, 0.3) is 0 Å². The first-order valence-corrected chi connectivity index (χ1v) is 15.1. The van der Waals surface area contributed by atoms with E-state index in [0.717, 1.165) is 34.7 Å². The zero-order valence-electron chi connectivity index (χ0n) is 23.6. The van der Waals surface area contributed by atoms with Crippen LogP contribution in [0.2, 0.25) is 0 Å². The molecule has 222 valence electrons. The zero-order chi connectivity index (χ0) is 30.0. The first kappa shape index (κ1) is 29.3. The molecule has 42 heavy (non-hydrogen) atoms. The van der Waals surface area contributed by atoms with Gasteiger partial charge in [-0.1, -0.05) is 29.4 Å². The van der Waals surface area contributed by atoms with Gasteiger partial charge in [0.2, 0.25) is 15.9 Å². The van der Waals surface area contributed by atoms with Gasteiger partial charge in [0.25, 0.3) is 0 Å². The van der Waals surface area contributed by atoms with Gasteiger partial charge in [0.05, 0.1) is 18.7 Å². The quantitative estimate of drug-likeness (QED) is 0.413. The van der Waals surface area contributed by atoms with Gasteiger partial charge in [0.1, 0.15) is 16.6 Å². The van der Waals surface area contributed by atoms with Gasteiger partial charge in [0, 0.05) is 25.3 Å². The van der Waals surface area contributed by atoms with E-state index < -0.39 is 34.0 Å². The van der Waals surface area contributed by atoms with Gasteiger partial charge >= 0.3 is 12.0 Å². The minimum Gasteiger partial charge on any atom is -0.465 e. The van der Waals surface area contributed by atoms with Crippen molar-refractivity contribution >= 4 is 33.6 Å². The van der Waals surface area contributed by atoms with Crippen LogP contribution in [0.3, 0.4) is 0 Å². The van der Waals surface area contributed by atoms with E-state index in [2.05, 4.69) is 15.8 Å². The van der Waals surface area contributed by atoms with Gasteiger partial charge in [-0.2, -0.15) is 4.31 Å². The third kappa shape index (κ3) is 5.74. The van der Waals surface area contributed by atoms with Crippen LogP contribution in [0.5, 0.6) is 0 Å². The van der Waals surface area contributed by atoms with Crippen LogP contribution in [0.15, 0.2) is 57.9 Å². The standard InChI is InChI=1S/C29H33N5O7S/c1-18-26(19(2)41-32-18)42(38,39)34-16-15-33(29(37)30-22-13-11-21(12-14-22)28(36)40-3)17-25(34)27(35)31-24-10-6-8-20-7-4-5-9-23(20)24/h4-5,7,9,11-14,24-25H,6,8,10,15-17H2,1-3H3,(H,30,37)(H,31,35). The summed E-state index contributed by atoms with van der Waals surface area (Å²) in [5.74, 6) is -0.867. The van der Waals surface area contributed by atoms with E-state index in [1.165, 1.54) is 38.0 Å². The number of rotatable bonds is 6. The number of nitrogens with zero attached hydrogens (tertiary/aromatic N) is 3. The number of hydrogen-bond acceptors (Lipinski definition) is 8. The Morgan fingerprint density at radius 1 is 1.05 bits per heavy atom. The number of urea groups is 1. The molecular weight excluding hydrogens is 562 g/mol. The second-order valence-corrected chi connectivity index (χ2v) is 12.2. The maximum Gasteiger partial charge on any atom is 0.337 e. The highest BCUT2D eigenvalue weighted by Gasteiger charge is 2.44. The summed E-state index contributed by atoms with van der Waals surface area (Å²) >= 11 is 0. The number of benzene rings is 2. The van der Waals surface area contributed by atoms with Crippen LogP contribution in [-0.4, -0.2) is 73.5 Å². The van der Waals surface area contributed by atoms with Crippen molar-refractivity contribution in [2.45, 2.75) is 50.1 Å². The molecule has 3 aromatic rings. The van der Waals surface area contributed by atoms with Gasteiger partial charge < -0.3 is 24.8 Å². The van der Waals surface area contributed by atoms with Crippen molar-refractivity contribution in [3.05, 3.63) is 76.7 Å². The number of aryl methyl sites for hydroxylation is 3. The van der Waals surface area contributed by atoms with E-state index in [1.807, 2.05) is 24.3 Å². The van der Waals surface area contributed by atoms with Crippen LogP contribution >= 0.6 is 0 Å². The lowest BCUT2D eigenvalue weighted by molar-refractivity contribution is -0.127. The molecule has 3 amide bonds. The van der Waals surface area contributed by atoms with E-state index in [1.54, 1.807) is 12.1 Å². The molecular formula is C29H33N5O7S. The fraction of sp³-hybridized carbons (Fsp3) is 0.379. The van der Waals surface area contributed by atoms with Crippen molar-refractivity contribution in [1.82, 2.24) is 19.7 Å². The minimum atomic E-state index is -4.18. The molecule has 1 fully saturated rings. The van der Waals surface area contributed by atoms with Crippen LogP contribution in [0, 0.1) is 13.8 Å². The highest BCUT2D eigenvalue weighted by atomic mass is 32.2. The summed E-state index contributed by atoms with van der Waals surface area (Å²) in [6.07, 6.45) is 2.52. The first-order chi connectivity index (χ1) is 20.1. The molecule has 1 aliphatic carbocycles. The number of methoxy groups -OCH3 is 1. The Kier molecular flexibility index (Phi) is 8.32. The number of ether oxygens (including phenoxy) is 1. The van der Waals surface area contributed by atoms with Gasteiger partial charge in [-0.3, -0.25) is 4.79 Å². The summed E-state index contributed by atoms with van der Waals surface area (Å²) in [5, 5.41) is 9.62. The molecule has 13 heteroatoms. The molecule has 2 heterocycles. The minimum absolute atomic E-state index is 0.0464. The second kappa shape index (κ2) is 11.9. The van der Waals surface area contributed by atoms with Crippen molar-refractivity contribution in [3.8, 4) is 0 Å². The van der Waals surface area contributed by atoms with Crippen LogP contribution in [0.4, 0.5) is 10.5 Å². The Balaban J connectivity index is 1.39. The molecule has 0 spiro atoms. The number of carbonyl (C=O) groups is 3. The summed E-state index contributed by atoms with van der Waals surface area (Å²) in [6, 6.07) is 12.1. The predicted molar refractivity (Wildman–Crippen MR) is 152 cm³/mol. The van der Waals surface area contributed by atoms with E-state index in [9.17, 15) is 22.8 Å². The zero-order valence-corrected chi connectivity index (χ0v) is 24.4. The summed E-state index contributed by atoms with van der Waals surface area (Å²) in [6.45, 7) is 2.81. The van der Waals surface area contributed by atoms with Crippen LogP contribution in [0.1, 0.15) is 51.8 Å². The second-order valence-electron chi connectivity index (χ2n) is 10.4. The topological polar surface area (TPSA) is 151 Å². The molecule has 2 aromatic carbocycles. The molecule has 2 unspecified atom stereocenters. The number of piperazine rings is 1. The van der Waals surface area contributed by atoms with Crippen molar-refractivity contribution in [2.75, 3.05) is 32.1 Å². The third-order valence-corrected chi connectivity index (χ3v) is 9.85. The third-order valence-electron chi connectivity index (χ3n) is 7.70. The Bertz CT molecular complexity index is 1580. The number of carbonyl (C=O) groups excluding carboxylic acids is 3. The number of hydrogen-bond donors (Lipinski definition) is 2. The molecule has 0 bridgehead atoms. The van der Waals surface area contributed by atoms with E-state index >= 15 is 0 Å². The lowest BCUT2D eigenvalue weighted by atomic mass is 9.87. The van der Waals surface area contributed by atoms with Crippen molar-refractivity contribution in [1.29, 1.82) is 0 Å². The number of anilines is 1. The Morgan fingerprint density at radius 3 is 2.48 bits per heavy atom. The molecule has 12 nitrogen and oxygen atoms in total. The SMILES string of the molecule is COC(=O)c1ccc(NC(=O)N2CCN(S(=O)(=O)c3c(C)noc3C)C(C(=O)NC3CCCc4ccccc43)C2)cc1. The summed E-state index contributed by atoms with van der Waals surface area (Å²) in [4.78, 5) is 40.2. The molecule has 2 N–H and O–H groups in total. The molecule has 1 aromatic heterocycles. The number of amides is 3. The maximum atomic E-state index is 13.9. The monoisotopic (exact) mass is 595 g/mol. The largest absolute Gasteiger partial charge is 0.465 e. The number of esters is 1. The summed E-state index contributed by atoms with van der Waals surface area (Å²) in [5.41, 5.74) is 3.12. The molecule has 1 saturated heterocycles. The molecule has 2 atom stereocenters. The van der Waals surface area contributed by atoms with Gasteiger partial charge in [0.15, 0.2) is 5.76 Å². The van der Waals surface area contributed by atoms with Crippen LogP contribution < -0.4 is 10.6 Å². The van der Waals surface area contributed by atoms with Crippen molar-refractivity contribution in [2.24, 2.45) is 0 Å². The smallest absolute Gasteiger partial charge is 0.337 e. The average molecular weight is 596 g/mol.